The van der Waals surface area contributed by atoms with Gasteiger partial charge in [-0.25, -0.2) is 0 Å². The molecule has 1 N–H and O–H groups in total. The third-order valence-corrected chi connectivity index (χ3v) is 5.68. The van der Waals surface area contributed by atoms with Crippen molar-refractivity contribution in [2.45, 2.75) is 19.3 Å². The van der Waals surface area contributed by atoms with Crippen LogP contribution in [0.1, 0.15) is 18.4 Å². The Bertz CT molecular complexity index is 562. The van der Waals surface area contributed by atoms with Crippen LogP contribution in [0.5, 0.6) is 0 Å². The Labute approximate surface area is 158 Å². The average Bonchev–Trinajstić information content (AvgIpc) is 3.32. The zero-order chi connectivity index (χ0) is 18.2. The summed E-state index contributed by atoms with van der Waals surface area (Å²) in [4.78, 5) is 9.48. The Morgan fingerprint density at radius 3 is 2.73 bits per heavy atom. The second-order valence-corrected chi connectivity index (χ2v) is 7.68. The van der Waals surface area contributed by atoms with Crippen molar-refractivity contribution in [2.24, 2.45) is 16.8 Å². The number of benzene rings is 1. The van der Waals surface area contributed by atoms with Gasteiger partial charge in [0.1, 0.15) is 0 Å². The Hall–Kier alpha value is -1.59. The van der Waals surface area contributed by atoms with Crippen LogP contribution in [0.4, 0.5) is 0 Å². The molecule has 144 valence electrons. The van der Waals surface area contributed by atoms with Gasteiger partial charge in [-0.15, -0.1) is 0 Å². The number of aliphatic imine (C=N–C) groups is 1. The molecule has 0 spiro atoms. The fourth-order valence-electron chi connectivity index (χ4n) is 4.18. The lowest BCUT2D eigenvalue weighted by molar-refractivity contribution is 0.157. The van der Waals surface area contributed by atoms with Crippen molar-refractivity contribution in [3.63, 3.8) is 0 Å². The topological polar surface area (TPSA) is 40.1 Å². The molecule has 0 radical (unpaired) electrons. The van der Waals surface area contributed by atoms with Crippen LogP contribution in [0, 0.1) is 11.8 Å². The molecule has 2 aliphatic rings. The van der Waals surface area contributed by atoms with Gasteiger partial charge >= 0.3 is 0 Å². The Balaban J connectivity index is 1.37. The van der Waals surface area contributed by atoms with Crippen molar-refractivity contribution in [3.8, 4) is 0 Å². The first-order valence-electron chi connectivity index (χ1n) is 9.99. The van der Waals surface area contributed by atoms with Crippen molar-refractivity contribution in [2.75, 3.05) is 60.0 Å². The smallest absolute Gasteiger partial charge is 0.193 e. The normalized spacial score (nSPS) is 24.4. The molecular formula is C21H34N4O. The van der Waals surface area contributed by atoms with E-state index in [1.807, 2.05) is 7.05 Å². The van der Waals surface area contributed by atoms with Crippen LogP contribution in [0.3, 0.4) is 0 Å². The minimum Gasteiger partial charge on any atom is -0.384 e. The van der Waals surface area contributed by atoms with E-state index >= 15 is 0 Å². The molecule has 26 heavy (non-hydrogen) atoms. The zero-order valence-electron chi connectivity index (χ0n) is 16.4. The minimum absolute atomic E-state index is 0.638. The third kappa shape index (κ3) is 5.45. The van der Waals surface area contributed by atoms with Crippen LogP contribution in [-0.4, -0.2) is 75.8 Å². The van der Waals surface area contributed by atoms with Crippen molar-refractivity contribution in [3.05, 3.63) is 35.9 Å². The van der Waals surface area contributed by atoms with Crippen molar-refractivity contribution in [1.29, 1.82) is 0 Å². The quantitative estimate of drug-likeness (QED) is 0.599. The van der Waals surface area contributed by atoms with Gasteiger partial charge in [-0.1, -0.05) is 30.3 Å². The summed E-state index contributed by atoms with van der Waals surface area (Å²) in [6.07, 6.45) is 3.63. The fraction of sp³-hybridized carbons (Fsp3) is 0.667. The standard InChI is InChI=1S/C21H34N4O/c1-22-21(25-13-10-20(16-25)17-26-2)23-14-19-9-12-24(15-19)11-8-18-6-4-3-5-7-18/h3-7,19-20H,8-17H2,1-2H3,(H,22,23). The highest BCUT2D eigenvalue weighted by atomic mass is 16.5. The first kappa shape index (κ1) is 19.2. The summed E-state index contributed by atoms with van der Waals surface area (Å²) in [7, 11) is 3.69. The van der Waals surface area contributed by atoms with Crippen LogP contribution < -0.4 is 5.32 Å². The number of rotatable bonds is 7. The van der Waals surface area contributed by atoms with Crippen LogP contribution in [0.25, 0.3) is 0 Å². The monoisotopic (exact) mass is 358 g/mol. The lowest BCUT2D eigenvalue weighted by Crippen LogP contribution is -2.42. The molecule has 0 aliphatic carbocycles. The van der Waals surface area contributed by atoms with E-state index in [2.05, 4.69) is 50.4 Å². The number of nitrogens with zero attached hydrogens (tertiary/aromatic N) is 3. The lowest BCUT2D eigenvalue weighted by Gasteiger charge is -2.23. The first-order chi connectivity index (χ1) is 12.8. The van der Waals surface area contributed by atoms with Gasteiger partial charge in [0, 0.05) is 52.8 Å². The van der Waals surface area contributed by atoms with Crippen LogP contribution >= 0.6 is 0 Å². The van der Waals surface area contributed by atoms with Gasteiger partial charge in [0.25, 0.3) is 0 Å². The van der Waals surface area contributed by atoms with E-state index in [1.54, 1.807) is 7.11 Å². The number of nitrogens with one attached hydrogen (secondary N) is 1. The predicted octanol–water partition coefficient (Wildman–Crippen LogP) is 2.09. The number of hydrogen-bond acceptors (Lipinski definition) is 3. The molecule has 2 fully saturated rings. The van der Waals surface area contributed by atoms with Crippen molar-refractivity contribution < 1.29 is 4.74 Å². The Kier molecular flexibility index (Phi) is 7.32. The molecule has 0 saturated carbocycles. The van der Waals surface area contributed by atoms with Gasteiger partial charge < -0.3 is 19.9 Å². The molecule has 0 bridgehead atoms. The van der Waals surface area contributed by atoms with Crippen LogP contribution in [0.15, 0.2) is 35.3 Å². The molecule has 2 saturated heterocycles. The third-order valence-electron chi connectivity index (χ3n) is 5.68. The Morgan fingerprint density at radius 2 is 1.96 bits per heavy atom. The summed E-state index contributed by atoms with van der Waals surface area (Å²) in [5, 5.41) is 3.62. The molecule has 0 amide bonds. The molecule has 2 atom stereocenters. The lowest BCUT2D eigenvalue weighted by atomic mass is 10.1. The summed E-state index contributed by atoms with van der Waals surface area (Å²) >= 11 is 0. The van der Waals surface area contributed by atoms with E-state index in [4.69, 9.17) is 4.74 Å². The van der Waals surface area contributed by atoms with Gasteiger partial charge in [-0.05, 0) is 37.3 Å². The summed E-state index contributed by atoms with van der Waals surface area (Å²) < 4.78 is 5.30. The number of guanidine groups is 1. The molecule has 1 aromatic carbocycles. The summed E-state index contributed by atoms with van der Waals surface area (Å²) in [5.41, 5.74) is 1.44. The van der Waals surface area contributed by atoms with Gasteiger partial charge in [-0.2, -0.15) is 0 Å². The number of ether oxygens (including phenoxy) is 1. The molecule has 5 nitrogen and oxygen atoms in total. The van der Waals surface area contributed by atoms with E-state index in [0.717, 1.165) is 44.5 Å². The molecule has 3 rings (SSSR count). The average molecular weight is 359 g/mol. The van der Waals surface area contributed by atoms with Crippen molar-refractivity contribution in [1.82, 2.24) is 15.1 Å². The van der Waals surface area contributed by atoms with Gasteiger partial charge in [-0.3, -0.25) is 4.99 Å². The number of likely N-dealkylation sites (tertiary alicyclic amines) is 2. The largest absolute Gasteiger partial charge is 0.384 e. The molecule has 2 aliphatic heterocycles. The molecule has 1 aromatic rings. The fourth-order valence-corrected chi connectivity index (χ4v) is 4.18. The van der Waals surface area contributed by atoms with Gasteiger partial charge in [0.15, 0.2) is 5.96 Å². The van der Waals surface area contributed by atoms with Crippen molar-refractivity contribution >= 4 is 5.96 Å². The maximum atomic E-state index is 5.30. The molecule has 2 unspecified atom stereocenters. The maximum absolute atomic E-state index is 5.30. The van der Waals surface area contributed by atoms with Gasteiger partial charge in [0.05, 0.1) is 6.61 Å². The highest BCUT2D eigenvalue weighted by molar-refractivity contribution is 5.80. The van der Waals surface area contributed by atoms with E-state index in [-0.39, 0.29) is 0 Å². The summed E-state index contributed by atoms with van der Waals surface area (Å²) in [6, 6.07) is 10.8. The molecule has 0 aromatic heterocycles. The van der Waals surface area contributed by atoms with E-state index in [9.17, 15) is 0 Å². The summed E-state index contributed by atoms with van der Waals surface area (Å²) in [6.45, 7) is 7.61. The highest BCUT2D eigenvalue weighted by Crippen LogP contribution is 2.18. The van der Waals surface area contributed by atoms with E-state index < -0.39 is 0 Å². The zero-order valence-corrected chi connectivity index (χ0v) is 16.4. The predicted molar refractivity (Wildman–Crippen MR) is 108 cm³/mol. The molecule has 5 heteroatoms. The SMILES string of the molecule is CN=C(NCC1CCN(CCc2ccccc2)C1)N1CCC(COC)C1. The minimum atomic E-state index is 0.638. The first-order valence-corrected chi connectivity index (χ1v) is 9.99. The van der Waals surface area contributed by atoms with Crippen LogP contribution in [0.2, 0.25) is 0 Å². The number of hydrogen-bond donors (Lipinski definition) is 1. The highest BCUT2D eigenvalue weighted by Gasteiger charge is 2.26. The summed E-state index contributed by atoms with van der Waals surface area (Å²) in [5.74, 6) is 2.42. The second-order valence-electron chi connectivity index (χ2n) is 7.68. The molecule has 2 heterocycles. The molecular weight excluding hydrogens is 324 g/mol. The van der Waals surface area contributed by atoms with Gasteiger partial charge in [0.2, 0.25) is 0 Å². The second kappa shape index (κ2) is 9.93. The van der Waals surface area contributed by atoms with E-state index in [1.165, 1.54) is 38.0 Å². The Morgan fingerprint density at radius 1 is 1.15 bits per heavy atom. The van der Waals surface area contributed by atoms with E-state index in [0.29, 0.717) is 5.92 Å². The number of methoxy groups -OCH3 is 1. The van der Waals surface area contributed by atoms with Crippen LogP contribution in [-0.2, 0) is 11.2 Å². The maximum Gasteiger partial charge on any atom is 0.193 e.